The molecule has 0 saturated heterocycles. The normalized spacial score (nSPS) is 15.6. The topological polar surface area (TPSA) is 78.8 Å². The third kappa shape index (κ3) is 3.82. The van der Waals surface area contributed by atoms with Crippen LogP contribution in [0.25, 0.3) is 0 Å². The molecule has 1 aliphatic rings. The molecule has 1 aliphatic heterocycles. The van der Waals surface area contributed by atoms with Gasteiger partial charge in [0.2, 0.25) is 5.91 Å². The summed E-state index contributed by atoms with van der Waals surface area (Å²) in [4.78, 5) is 13.8. The number of sulfonamides is 1. The maximum atomic E-state index is 13.8. The molecule has 2 aromatic rings. The molecule has 0 bridgehead atoms. The van der Waals surface area contributed by atoms with E-state index in [1.165, 1.54) is 17.0 Å². The molecule has 0 saturated carbocycles. The number of fused-ring (bicyclic) bond motifs is 1. The fraction of sp³-hybridized carbons (Fsp3) is 0.222. The van der Waals surface area contributed by atoms with Crippen LogP contribution in [0.1, 0.15) is 24.1 Å². The Balaban J connectivity index is 1.71. The number of amidine groups is 1. The van der Waals surface area contributed by atoms with Crippen LogP contribution in [0, 0.1) is 11.6 Å². The molecule has 0 radical (unpaired) electrons. The molecule has 3 rings (SSSR count). The van der Waals surface area contributed by atoms with Gasteiger partial charge in [0.15, 0.2) is 5.84 Å². The van der Waals surface area contributed by atoms with E-state index in [9.17, 15) is 22.0 Å². The van der Waals surface area contributed by atoms with Gasteiger partial charge in [-0.3, -0.25) is 4.79 Å². The van der Waals surface area contributed by atoms with Gasteiger partial charge in [-0.1, -0.05) is 18.2 Å². The van der Waals surface area contributed by atoms with Crippen molar-refractivity contribution >= 4 is 21.8 Å². The molecule has 0 fully saturated rings. The maximum absolute atomic E-state index is 13.8. The van der Waals surface area contributed by atoms with Crippen molar-refractivity contribution in [1.82, 2.24) is 10.2 Å². The summed E-state index contributed by atoms with van der Waals surface area (Å²) in [6.45, 7) is 1.39. The van der Waals surface area contributed by atoms with Crippen molar-refractivity contribution in [3.05, 3.63) is 65.2 Å². The van der Waals surface area contributed by atoms with Gasteiger partial charge < -0.3 is 10.2 Å². The number of hydrogen-bond donors (Lipinski definition) is 1. The molecule has 1 atom stereocenters. The van der Waals surface area contributed by atoms with Crippen LogP contribution in [0.2, 0.25) is 0 Å². The van der Waals surface area contributed by atoms with E-state index < -0.39 is 33.6 Å². The molecular formula is C18H17F2N3O3S. The number of nitrogens with zero attached hydrogens (tertiary/aromatic N) is 2. The van der Waals surface area contributed by atoms with Crippen molar-refractivity contribution in [1.29, 1.82) is 0 Å². The van der Waals surface area contributed by atoms with Crippen LogP contribution < -0.4 is 5.32 Å². The standard InChI is InChI=1S/C18H17F2N3O3S/c1-11(13-8-7-12(19)9-15(13)20)21-17(24)10-23(2)18-14-5-3-4-6-16(14)27(25,26)22-18/h3-9,11H,10H2,1-2H3,(H,21,24)/t11-/m0/s1. The molecule has 0 unspecified atom stereocenters. The second kappa shape index (κ2) is 7.07. The fourth-order valence-corrected chi connectivity index (χ4v) is 4.12. The van der Waals surface area contributed by atoms with Crippen molar-refractivity contribution in [2.45, 2.75) is 17.9 Å². The second-order valence-corrected chi connectivity index (χ2v) is 7.77. The zero-order chi connectivity index (χ0) is 19.8. The van der Waals surface area contributed by atoms with Gasteiger partial charge >= 0.3 is 0 Å². The van der Waals surface area contributed by atoms with E-state index in [0.717, 1.165) is 12.1 Å². The first-order valence-corrected chi connectivity index (χ1v) is 9.53. The summed E-state index contributed by atoms with van der Waals surface area (Å²) in [5, 5.41) is 2.61. The zero-order valence-electron chi connectivity index (χ0n) is 14.6. The lowest BCUT2D eigenvalue weighted by Crippen LogP contribution is -2.39. The lowest BCUT2D eigenvalue weighted by Gasteiger charge is -2.21. The third-order valence-electron chi connectivity index (χ3n) is 4.16. The average Bonchev–Trinajstić information content (AvgIpc) is 2.86. The molecule has 142 valence electrons. The number of hydrogen-bond acceptors (Lipinski definition) is 4. The molecule has 0 aromatic heterocycles. The number of halogens is 2. The van der Waals surface area contributed by atoms with E-state index in [4.69, 9.17) is 0 Å². The SMILES string of the molecule is C[C@H](NC(=O)CN(C)C1=NS(=O)(=O)c2ccccc21)c1ccc(F)cc1F. The van der Waals surface area contributed by atoms with Crippen LogP contribution >= 0.6 is 0 Å². The Morgan fingerprint density at radius 3 is 2.63 bits per heavy atom. The molecule has 0 spiro atoms. The van der Waals surface area contributed by atoms with Crippen molar-refractivity contribution in [3.8, 4) is 0 Å². The quantitative estimate of drug-likeness (QED) is 0.864. The van der Waals surface area contributed by atoms with Gasteiger partial charge in [-0.25, -0.2) is 8.78 Å². The predicted octanol–water partition coefficient (Wildman–Crippen LogP) is 2.22. The van der Waals surface area contributed by atoms with Crippen LogP contribution in [0.5, 0.6) is 0 Å². The molecule has 1 heterocycles. The Hall–Kier alpha value is -2.81. The number of benzene rings is 2. The largest absolute Gasteiger partial charge is 0.349 e. The van der Waals surface area contributed by atoms with Gasteiger partial charge in [-0.2, -0.15) is 8.42 Å². The molecular weight excluding hydrogens is 376 g/mol. The van der Waals surface area contributed by atoms with Crippen molar-refractivity contribution in [3.63, 3.8) is 0 Å². The van der Waals surface area contributed by atoms with Crippen LogP contribution in [-0.2, 0) is 14.8 Å². The monoisotopic (exact) mass is 393 g/mol. The summed E-state index contributed by atoms with van der Waals surface area (Å²) >= 11 is 0. The highest BCUT2D eigenvalue weighted by Crippen LogP contribution is 2.26. The first kappa shape index (κ1) is 19.0. The number of nitrogens with one attached hydrogen (secondary N) is 1. The number of carbonyl (C=O) groups is 1. The average molecular weight is 393 g/mol. The van der Waals surface area contributed by atoms with Gasteiger partial charge in [0.1, 0.15) is 16.5 Å². The van der Waals surface area contributed by atoms with E-state index in [1.54, 1.807) is 32.2 Å². The van der Waals surface area contributed by atoms with Crippen molar-refractivity contribution in [2.24, 2.45) is 4.40 Å². The van der Waals surface area contributed by atoms with E-state index >= 15 is 0 Å². The highest BCUT2D eigenvalue weighted by atomic mass is 32.2. The Bertz CT molecular complexity index is 1040. The minimum Gasteiger partial charge on any atom is -0.349 e. The highest BCUT2D eigenvalue weighted by Gasteiger charge is 2.31. The Morgan fingerprint density at radius 1 is 1.22 bits per heavy atom. The highest BCUT2D eigenvalue weighted by molar-refractivity contribution is 7.90. The lowest BCUT2D eigenvalue weighted by atomic mass is 10.1. The number of carbonyl (C=O) groups excluding carboxylic acids is 1. The third-order valence-corrected chi connectivity index (χ3v) is 5.49. The Morgan fingerprint density at radius 2 is 1.93 bits per heavy atom. The van der Waals surface area contributed by atoms with Gasteiger partial charge in [-0.05, 0) is 25.1 Å². The summed E-state index contributed by atoms with van der Waals surface area (Å²) in [5.74, 6) is -1.75. The number of rotatable bonds is 4. The Kier molecular flexibility index (Phi) is 4.97. The van der Waals surface area contributed by atoms with E-state index in [-0.39, 0.29) is 22.8 Å². The summed E-state index contributed by atoms with van der Waals surface area (Å²) < 4.78 is 54.8. The first-order chi connectivity index (χ1) is 12.7. The summed E-state index contributed by atoms with van der Waals surface area (Å²) in [6.07, 6.45) is 0. The minimum absolute atomic E-state index is 0.0917. The van der Waals surface area contributed by atoms with Crippen molar-refractivity contribution < 1.29 is 22.0 Å². The van der Waals surface area contributed by atoms with Crippen LogP contribution in [0.15, 0.2) is 51.8 Å². The lowest BCUT2D eigenvalue weighted by molar-refractivity contribution is -0.121. The van der Waals surface area contributed by atoms with E-state index in [1.807, 2.05) is 0 Å². The van der Waals surface area contributed by atoms with Crippen LogP contribution in [-0.4, -0.2) is 38.7 Å². The fourth-order valence-electron chi connectivity index (χ4n) is 2.87. The molecule has 1 N–H and O–H groups in total. The number of amides is 1. The smallest absolute Gasteiger partial charge is 0.285 e. The van der Waals surface area contributed by atoms with Gasteiger partial charge in [0.25, 0.3) is 10.0 Å². The molecule has 2 aromatic carbocycles. The van der Waals surface area contributed by atoms with Crippen LogP contribution in [0.3, 0.4) is 0 Å². The van der Waals surface area contributed by atoms with Crippen molar-refractivity contribution in [2.75, 3.05) is 13.6 Å². The minimum atomic E-state index is -3.78. The second-order valence-electron chi connectivity index (χ2n) is 6.20. The number of likely N-dealkylation sites (N-methyl/N-ethyl adjacent to an activating group) is 1. The zero-order valence-corrected chi connectivity index (χ0v) is 15.4. The Labute approximate surface area is 155 Å². The van der Waals surface area contributed by atoms with Gasteiger partial charge in [-0.15, -0.1) is 4.40 Å². The molecule has 9 heteroatoms. The predicted molar refractivity (Wildman–Crippen MR) is 95.7 cm³/mol. The van der Waals surface area contributed by atoms with Gasteiger partial charge in [0, 0.05) is 24.2 Å². The summed E-state index contributed by atoms with van der Waals surface area (Å²) in [5.41, 5.74) is 0.573. The van der Waals surface area contributed by atoms with E-state index in [0.29, 0.717) is 5.56 Å². The molecule has 27 heavy (non-hydrogen) atoms. The molecule has 6 nitrogen and oxygen atoms in total. The summed E-state index contributed by atoms with van der Waals surface area (Å²) in [6, 6.07) is 8.79. The van der Waals surface area contributed by atoms with E-state index in [2.05, 4.69) is 9.71 Å². The summed E-state index contributed by atoms with van der Waals surface area (Å²) in [7, 11) is -2.24. The first-order valence-electron chi connectivity index (χ1n) is 8.09. The van der Waals surface area contributed by atoms with Crippen LogP contribution in [0.4, 0.5) is 8.78 Å². The maximum Gasteiger partial charge on any atom is 0.285 e. The molecule has 0 aliphatic carbocycles. The molecule has 1 amide bonds. The van der Waals surface area contributed by atoms with Gasteiger partial charge in [0.05, 0.1) is 12.6 Å².